The van der Waals surface area contributed by atoms with Crippen LogP contribution in [0.4, 0.5) is 5.69 Å². The smallest absolute Gasteiger partial charge is 0.249 e. The first kappa shape index (κ1) is 17.4. The Morgan fingerprint density at radius 3 is 2.64 bits per heavy atom. The number of rotatable bonds is 3. The highest BCUT2D eigenvalue weighted by Crippen LogP contribution is 2.13. The number of nitrogens with one attached hydrogen (secondary N) is 3. The summed E-state index contributed by atoms with van der Waals surface area (Å²) in [6.07, 6.45) is 1.04. The molecule has 0 radical (unpaired) electrons. The maximum absolute atomic E-state index is 12.5. The number of piperazine rings is 1. The van der Waals surface area contributed by atoms with E-state index in [1.165, 1.54) is 10.5 Å². The molecule has 1 atom stereocenters. The third-order valence-corrected chi connectivity index (χ3v) is 4.76. The highest BCUT2D eigenvalue weighted by molar-refractivity contribution is 6.05. The van der Waals surface area contributed by atoms with Crippen molar-refractivity contribution in [2.45, 2.75) is 25.8 Å². The summed E-state index contributed by atoms with van der Waals surface area (Å²) in [4.78, 5) is 32.6. The number of carbonyl (C=O) groups is 2. The second-order valence-corrected chi connectivity index (χ2v) is 6.70. The number of quaternary nitrogens is 1. The van der Waals surface area contributed by atoms with Gasteiger partial charge in [0.1, 0.15) is 6.04 Å². The molecule has 25 heavy (non-hydrogen) atoms. The molecule has 0 unspecified atom stereocenters. The normalized spacial score (nSPS) is 21.5. The van der Waals surface area contributed by atoms with Gasteiger partial charge in [0.05, 0.1) is 39.6 Å². The molecule has 1 aromatic carbocycles. The SMILES string of the molecule is CCc1ccc(NC(=O)[C@H]2CC(=O)NC(N3CC[NH+](C)CC3)=N2)cc1. The highest BCUT2D eigenvalue weighted by Gasteiger charge is 2.30. The molecule has 3 N–H and O–H groups in total. The zero-order valence-corrected chi connectivity index (χ0v) is 14.8. The summed E-state index contributed by atoms with van der Waals surface area (Å²) in [6.45, 7) is 5.74. The number of benzene rings is 1. The van der Waals surface area contributed by atoms with Crippen molar-refractivity contribution in [3.8, 4) is 0 Å². The lowest BCUT2D eigenvalue weighted by Gasteiger charge is -2.34. The second-order valence-electron chi connectivity index (χ2n) is 6.70. The summed E-state index contributed by atoms with van der Waals surface area (Å²) in [5.74, 6) is 0.138. The predicted molar refractivity (Wildman–Crippen MR) is 96.6 cm³/mol. The van der Waals surface area contributed by atoms with Gasteiger partial charge in [0.15, 0.2) is 0 Å². The number of carbonyl (C=O) groups excluding carboxylic acids is 2. The fraction of sp³-hybridized carbons (Fsp3) is 0.500. The van der Waals surface area contributed by atoms with Crippen LogP contribution in [0.3, 0.4) is 0 Å². The summed E-state index contributed by atoms with van der Waals surface area (Å²) in [7, 11) is 2.15. The molecule has 2 heterocycles. The van der Waals surface area contributed by atoms with E-state index in [2.05, 4.69) is 34.5 Å². The van der Waals surface area contributed by atoms with Crippen molar-refractivity contribution in [1.82, 2.24) is 10.2 Å². The minimum Gasteiger partial charge on any atom is -0.334 e. The Morgan fingerprint density at radius 1 is 1.32 bits per heavy atom. The highest BCUT2D eigenvalue weighted by atomic mass is 16.2. The Hall–Kier alpha value is -2.41. The van der Waals surface area contributed by atoms with Crippen molar-refractivity contribution in [3.63, 3.8) is 0 Å². The zero-order chi connectivity index (χ0) is 17.8. The zero-order valence-electron chi connectivity index (χ0n) is 14.8. The van der Waals surface area contributed by atoms with Gasteiger partial charge in [-0.3, -0.25) is 14.9 Å². The quantitative estimate of drug-likeness (QED) is 0.676. The maximum atomic E-state index is 12.5. The first-order valence-electron chi connectivity index (χ1n) is 8.89. The molecule has 1 aromatic rings. The van der Waals surface area contributed by atoms with E-state index in [1.807, 2.05) is 24.3 Å². The number of guanidine groups is 1. The lowest BCUT2D eigenvalue weighted by Crippen LogP contribution is -3.12. The molecule has 0 aliphatic carbocycles. The maximum Gasteiger partial charge on any atom is 0.249 e. The number of nitrogens with zero attached hydrogens (tertiary/aromatic N) is 2. The lowest BCUT2D eigenvalue weighted by atomic mass is 10.1. The average molecular weight is 344 g/mol. The van der Waals surface area contributed by atoms with Crippen LogP contribution in [0, 0.1) is 0 Å². The molecule has 3 rings (SSSR count). The summed E-state index contributed by atoms with van der Waals surface area (Å²) >= 11 is 0. The fourth-order valence-electron chi connectivity index (χ4n) is 3.04. The number of hydrogen-bond donors (Lipinski definition) is 3. The monoisotopic (exact) mass is 344 g/mol. The summed E-state index contributed by atoms with van der Waals surface area (Å²) in [5.41, 5.74) is 1.95. The molecule has 2 aliphatic heterocycles. The van der Waals surface area contributed by atoms with Gasteiger partial charge in [-0.2, -0.15) is 0 Å². The van der Waals surface area contributed by atoms with Gasteiger partial charge in [-0.25, -0.2) is 4.99 Å². The summed E-state index contributed by atoms with van der Waals surface area (Å²) in [6, 6.07) is 7.07. The molecular formula is C18H26N5O2+. The van der Waals surface area contributed by atoms with Crippen LogP contribution in [0.5, 0.6) is 0 Å². The molecule has 1 saturated heterocycles. The van der Waals surface area contributed by atoms with E-state index in [1.54, 1.807) is 0 Å². The van der Waals surface area contributed by atoms with Crippen molar-refractivity contribution in [2.24, 2.45) is 4.99 Å². The van der Waals surface area contributed by atoms with E-state index in [0.29, 0.717) is 5.96 Å². The molecule has 1 fully saturated rings. The van der Waals surface area contributed by atoms with Crippen LogP contribution in [-0.4, -0.2) is 61.9 Å². The van der Waals surface area contributed by atoms with Gasteiger partial charge in [0, 0.05) is 5.69 Å². The third kappa shape index (κ3) is 4.36. The van der Waals surface area contributed by atoms with Crippen molar-refractivity contribution >= 4 is 23.5 Å². The first-order valence-corrected chi connectivity index (χ1v) is 8.89. The van der Waals surface area contributed by atoms with Crippen molar-refractivity contribution in [2.75, 3.05) is 38.5 Å². The molecule has 2 amide bonds. The standard InChI is InChI=1S/C18H25N5O2/c1-3-13-4-6-14(7-5-13)19-17(25)15-12-16(24)21-18(20-15)23-10-8-22(2)9-11-23/h4-7,15H,3,8-12H2,1-2H3,(H,19,25)(H,20,21,24)/p+1/t15-/m1/s1. The number of likely N-dealkylation sites (N-methyl/N-ethyl adjacent to an activating group) is 1. The average Bonchev–Trinajstić information content (AvgIpc) is 2.62. The molecule has 2 aliphatic rings. The Labute approximate surface area is 148 Å². The molecule has 0 aromatic heterocycles. The van der Waals surface area contributed by atoms with Gasteiger partial charge < -0.3 is 15.1 Å². The predicted octanol–water partition coefficient (Wildman–Crippen LogP) is -0.738. The Kier molecular flexibility index (Phi) is 5.33. The minimum atomic E-state index is -0.679. The van der Waals surface area contributed by atoms with E-state index in [4.69, 9.17) is 0 Å². The topological polar surface area (TPSA) is 78.2 Å². The molecular weight excluding hydrogens is 318 g/mol. The van der Waals surface area contributed by atoms with E-state index < -0.39 is 6.04 Å². The molecule has 7 heteroatoms. The van der Waals surface area contributed by atoms with E-state index in [0.717, 1.165) is 38.3 Å². The molecule has 7 nitrogen and oxygen atoms in total. The lowest BCUT2D eigenvalue weighted by molar-refractivity contribution is -0.883. The molecule has 134 valence electrons. The van der Waals surface area contributed by atoms with Crippen LogP contribution in [0.25, 0.3) is 0 Å². The third-order valence-electron chi connectivity index (χ3n) is 4.76. The van der Waals surface area contributed by atoms with Crippen molar-refractivity contribution in [1.29, 1.82) is 0 Å². The number of amides is 2. The Balaban J connectivity index is 1.67. The largest absolute Gasteiger partial charge is 0.334 e. The van der Waals surface area contributed by atoms with Crippen LogP contribution in [0.2, 0.25) is 0 Å². The minimum absolute atomic E-state index is 0.0847. The Morgan fingerprint density at radius 2 is 2.00 bits per heavy atom. The Bertz CT molecular complexity index is 663. The molecule has 0 bridgehead atoms. The fourth-order valence-corrected chi connectivity index (χ4v) is 3.04. The second kappa shape index (κ2) is 7.65. The van der Waals surface area contributed by atoms with Gasteiger partial charge in [0.25, 0.3) is 0 Å². The van der Waals surface area contributed by atoms with Crippen LogP contribution < -0.4 is 15.5 Å². The van der Waals surface area contributed by atoms with Gasteiger partial charge in [0.2, 0.25) is 17.8 Å². The van der Waals surface area contributed by atoms with Crippen LogP contribution in [-0.2, 0) is 16.0 Å². The van der Waals surface area contributed by atoms with Crippen molar-refractivity contribution in [3.05, 3.63) is 29.8 Å². The number of aliphatic imine (C=N–C) groups is 1. The van der Waals surface area contributed by atoms with Crippen molar-refractivity contribution < 1.29 is 14.5 Å². The van der Waals surface area contributed by atoms with Gasteiger partial charge in [-0.05, 0) is 24.1 Å². The van der Waals surface area contributed by atoms with Gasteiger partial charge in [-0.15, -0.1) is 0 Å². The van der Waals surface area contributed by atoms with E-state index in [9.17, 15) is 9.59 Å². The first-order chi connectivity index (χ1) is 12.0. The van der Waals surface area contributed by atoms with E-state index in [-0.39, 0.29) is 18.2 Å². The van der Waals surface area contributed by atoms with Crippen LogP contribution in [0.1, 0.15) is 18.9 Å². The van der Waals surface area contributed by atoms with Crippen LogP contribution in [0.15, 0.2) is 29.3 Å². The molecule has 0 spiro atoms. The molecule has 0 saturated carbocycles. The van der Waals surface area contributed by atoms with E-state index >= 15 is 0 Å². The number of anilines is 1. The van der Waals surface area contributed by atoms with Gasteiger partial charge in [-0.1, -0.05) is 19.1 Å². The summed E-state index contributed by atoms with van der Waals surface area (Å²) < 4.78 is 0. The van der Waals surface area contributed by atoms with Crippen LogP contribution >= 0.6 is 0 Å². The summed E-state index contributed by atoms with van der Waals surface area (Å²) in [5, 5.41) is 5.68. The number of hydrogen-bond acceptors (Lipinski definition) is 4. The van der Waals surface area contributed by atoms with Gasteiger partial charge >= 0.3 is 0 Å². The number of aryl methyl sites for hydroxylation is 1.